The second-order valence-corrected chi connectivity index (χ2v) is 4.13. The Hall–Kier alpha value is -2.49. The van der Waals surface area contributed by atoms with Gasteiger partial charge in [-0.1, -0.05) is 6.07 Å². The Balaban J connectivity index is 2.13. The van der Waals surface area contributed by atoms with Crippen LogP contribution in [-0.2, 0) is 0 Å². The van der Waals surface area contributed by atoms with E-state index in [1.807, 2.05) is 0 Å². The Bertz CT molecular complexity index is 618. The minimum atomic E-state index is -0.515. The molecular weight excluding hydrogens is 242 g/mol. The van der Waals surface area contributed by atoms with Crippen molar-refractivity contribution < 1.29 is 14.3 Å². The van der Waals surface area contributed by atoms with Gasteiger partial charge in [0.25, 0.3) is 0 Å². The maximum absolute atomic E-state index is 11.8. The van der Waals surface area contributed by atoms with Gasteiger partial charge < -0.3 is 4.74 Å². The van der Waals surface area contributed by atoms with Crippen LogP contribution in [0, 0.1) is 6.92 Å². The zero-order valence-corrected chi connectivity index (χ0v) is 10.7. The number of hydrogen-bond donors (Lipinski definition) is 0. The van der Waals surface area contributed by atoms with Crippen LogP contribution in [0.3, 0.4) is 0 Å². The Kier molecular flexibility index (Phi) is 3.71. The van der Waals surface area contributed by atoms with E-state index in [0.717, 1.165) is 5.69 Å². The Morgan fingerprint density at radius 2 is 1.74 bits per heavy atom. The number of pyridine rings is 1. The summed E-state index contributed by atoms with van der Waals surface area (Å²) in [6.45, 7) is 3.29. The van der Waals surface area contributed by atoms with E-state index in [0.29, 0.717) is 11.3 Å². The molecule has 2 aromatic rings. The first-order chi connectivity index (χ1) is 9.06. The van der Waals surface area contributed by atoms with Gasteiger partial charge in [-0.15, -0.1) is 0 Å². The smallest absolute Gasteiger partial charge is 0.362 e. The second kappa shape index (κ2) is 5.44. The van der Waals surface area contributed by atoms with Gasteiger partial charge in [-0.2, -0.15) is 0 Å². The van der Waals surface area contributed by atoms with E-state index in [1.165, 1.54) is 6.92 Å². The number of aryl methyl sites for hydroxylation is 1. The van der Waals surface area contributed by atoms with Gasteiger partial charge in [-0.25, -0.2) is 9.78 Å². The first kappa shape index (κ1) is 13.0. The fourth-order valence-electron chi connectivity index (χ4n) is 1.57. The summed E-state index contributed by atoms with van der Waals surface area (Å²) in [4.78, 5) is 27.0. The summed E-state index contributed by atoms with van der Waals surface area (Å²) < 4.78 is 5.18. The molecule has 0 amide bonds. The predicted molar refractivity (Wildman–Crippen MR) is 70.4 cm³/mol. The SMILES string of the molecule is CC(=O)c1ccc(OC(=O)c2cccc(C)n2)cc1. The Morgan fingerprint density at radius 3 is 2.32 bits per heavy atom. The van der Waals surface area contributed by atoms with Crippen molar-refractivity contribution in [3.63, 3.8) is 0 Å². The second-order valence-electron chi connectivity index (χ2n) is 4.13. The van der Waals surface area contributed by atoms with Crippen molar-refractivity contribution in [2.45, 2.75) is 13.8 Å². The van der Waals surface area contributed by atoms with Gasteiger partial charge >= 0.3 is 5.97 Å². The average Bonchev–Trinajstić information content (AvgIpc) is 2.39. The molecule has 0 radical (unpaired) electrons. The zero-order valence-electron chi connectivity index (χ0n) is 10.7. The molecule has 0 aliphatic heterocycles. The van der Waals surface area contributed by atoms with Crippen LogP contribution >= 0.6 is 0 Å². The molecule has 0 atom stereocenters. The van der Waals surface area contributed by atoms with Crippen molar-refractivity contribution in [3.05, 3.63) is 59.4 Å². The van der Waals surface area contributed by atoms with Crippen molar-refractivity contribution in [2.75, 3.05) is 0 Å². The molecule has 19 heavy (non-hydrogen) atoms. The first-order valence-corrected chi connectivity index (χ1v) is 5.83. The van der Waals surface area contributed by atoms with Gasteiger partial charge in [0.15, 0.2) is 5.78 Å². The third-order valence-corrected chi connectivity index (χ3v) is 2.57. The molecular formula is C15H13NO3. The summed E-state index contributed by atoms with van der Waals surface area (Å²) >= 11 is 0. The molecule has 4 nitrogen and oxygen atoms in total. The fourth-order valence-corrected chi connectivity index (χ4v) is 1.57. The van der Waals surface area contributed by atoms with Crippen LogP contribution in [0.2, 0.25) is 0 Å². The number of Topliss-reactive ketones (excluding diaryl/α,β-unsaturated/α-hetero) is 1. The summed E-state index contributed by atoms with van der Waals surface area (Å²) in [5.74, 6) is -0.157. The molecule has 2 rings (SSSR count). The predicted octanol–water partition coefficient (Wildman–Crippen LogP) is 2.81. The summed E-state index contributed by atoms with van der Waals surface area (Å²) in [5.41, 5.74) is 1.59. The number of ether oxygens (including phenoxy) is 1. The molecule has 1 heterocycles. The van der Waals surface area contributed by atoms with Crippen molar-refractivity contribution in [3.8, 4) is 5.75 Å². The van der Waals surface area contributed by atoms with Crippen LogP contribution in [0.1, 0.15) is 33.5 Å². The monoisotopic (exact) mass is 255 g/mol. The summed E-state index contributed by atoms with van der Waals surface area (Å²) in [7, 11) is 0. The number of carbonyl (C=O) groups is 2. The largest absolute Gasteiger partial charge is 0.422 e. The third-order valence-electron chi connectivity index (χ3n) is 2.57. The topological polar surface area (TPSA) is 56.3 Å². The zero-order chi connectivity index (χ0) is 13.8. The van der Waals surface area contributed by atoms with Crippen LogP contribution in [0.15, 0.2) is 42.5 Å². The number of rotatable bonds is 3. The van der Waals surface area contributed by atoms with Gasteiger partial charge in [-0.05, 0) is 50.2 Å². The van der Waals surface area contributed by atoms with Gasteiger partial charge in [-0.3, -0.25) is 4.79 Å². The molecule has 1 aromatic heterocycles. The van der Waals surface area contributed by atoms with E-state index >= 15 is 0 Å². The van der Waals surface area contributed by atoms with Crippen LogP contribution in [-0.4, -0.2) is 16.7 Å². The summed E-state index contributed by atoms with van der Waals surface area (Å²) in [6, 6.07) is 11.6. The Labute approximate surface area is 111 Å². The number of ketones is 1. The van der Waals surface area contributed by atoms with Crippen molar-refractivity contribution in [2.24, 2.45) is 0 Å². The van der Waals surface area contributed by atoms with Crippen LogP contribution in [0.5, 0.6) is 5.75 Å². The average molecular weight is 255 g/mol. The maximum Gasteiger partial charge on any atom is 0.362 e. The third kappa shape index (κ3) is 3.25. The number of hydrogen-bond acceptors (Lipinski definition) is 4. The molecule has 96 valence electrons. The van der Waals surface area contributed by atoms with Crippen LogP contribution in [0.4, 0.5) is 0 Å². The van der Waals surface area contributed by atoms with Gasteiger partial charge in [0.2, 0.25) is 0 Å². The minimum absolute atomic E-state index is 0.0294. The highest BCUT2D eigenvalue weighted by Gasteiger charge is 2.10. The molecule has 0 bridgehead atoms. The van der Waals surface area contributed by atoms with Crippen LogP contribution < -0.4 is 4.74 Å². The van der Waals surface area contributed by atoms with E-state index in [2.05, 4.69) is 4.98 Å². The molecule has 1 aromatic carbocycles. The van der Waals surface area contributed by atoms with Crippen molar-refractivity contribution in [1.82, 2.24) is 4.98 Å². The normalized spacial score (nSPS) is 10.0. The van der Waals surface area contributed by atoms with E-state index < -0.39 is 5.97 Å². The minimum Gasteiger partial charge on any atom is -0.422 e. The van der Waals surface area contributed by atoms with E-state index in [4.69, 9.17) is 4.74 Å². The quantitative estimate of drug-likeness (QED) is 0.480. The summed E-state index contributed by atoms with van der Waals surface area (Å²) in [5, 5.41) is 0. The lowest BCUT2D eigenvalue weighted by molar-refractivity contribution is 0.0728. The molecule has 0 aliphatic carbocycles. The van der Waals surface area contributed by atoms with Crippen molar-refractivity contribution in [1.29, 1.82) is 0 Å². The fraction of sp³-hybridized carbons (Fsp3) is 0.133. The van der Waals surface area contributed by atoms with Gasteiger partial charge in [0.05, 0.1) is 0 Å². The molecule has 0 unspecified atom stereocenters. The molecule has 0 saturated carbocycles. The summed E-state index contributed by atoms with van der Waals surface area (Å²) in [6.07, 6.45) is 0. The molecule has 0 saturated heterocycles. The number of esters is 1. The highest BCUT2D eigenvalue weighted by Crippen LogP contribution is 2.14. The number of carbonyl (C=O) groups excluding carboxylic acids is 2. The Morgan fingerprint density at radius 1 is 1.05 bits per heavy atom. The molecule has 0 aliphatic rings. The molecule has 0 fully saturated rings. The highest BCUT2D eigenvalue weighted by atomic mass is 16.5. The molecule has 4 heteroatoms. The standard InChI is InChI=1S/C15H13NO3/c1-10-4-3-5-14(16-10)15(18)19-13-8-6-12(7-9-13)11(2)17/h3-9H,1-2H3. The van der Waals surface area contributed by atoms with Crippen molar-refractivity contribution >= 4 is 11.8 Å². The lowest BCUT2D eigenvalue weighted by atomic mass is 10.1. The van der Waals surface area contributed by atoms with Gasteiger partial charge in [0.1, 0.15) is 11.4 Å². The number of benzene rings is 1. The molecule has 0 spiro atoms. The lowest BCUT2D eigenvalue weighted by Gasteiger charge is -2.04. The number of nitrogens with zero attached hydrogens (tertiary/aromatic N) is 1. The van der Waals surface area contributed by atoms with E-state index in [9.17, 15) is 9.59 Å². The van der Waals surface area contributed by atoms with E-state index in [1.54, 1.807) is 49.4 Å². The van der Waals surface area contributed by atoms with Gasteiger partial charge in [0, 0.05) is 11.3 Å². The first-order valence-electron chi connectivity index (χ1n) is 5.83. The van der Waals surface area contributed by atoms with Crippen LogP contribution in [0.25, 0.3) is 0 Å². The van der Waals surface area contributed by atoms with E-state index in [-0.39, 0.29) is 11.5 Å². The lowest BCUT2D eigenvalue weighted by Crippen LogP contribution is -2.11. The molecule has 0 N–H and O–H groups in total. The number of aromatic nitrogens is 1. The highest BCUT2D eigenvalue weighted by molar-refractivity contribution is 5.94. The maximum atomic E-state index is 11.8.